The summed E-state index contributed by atoms with van der Waals surface area (Å²) < 4.78 is 248. The van der Waals surface area contributed by atoms with Crippen molar-refractivity contribution in [1.82, 2.24) is 0 Å². The fourth-order valence-electron chi connectivity index (χ4n) is 6.67. The van der Waals surface area contributed by atoms with Gasteiger partial charge in [0, 0.05) is 38.5 Å². The second-order valence-corrected chi connectivity index (χ2v) is 25.9. The molecule has 0 heterocycles. The third-order valence-electron chi connectivity index (χ3n) is 10.2. The Labute approximate surface area is 603 Å². The summed E-state index contributed by atoms with van der Waals surface area (Å²) in [6.45, 7) is 0. The Bertz CT molecular complexity index is 4440. The van der Waals surface area contributed by atoms with Crippen molar-refractivity contribution in [3.05, 3.63) is 131 Å². The first kappa shape index (κ1) is 81.2. The van der Waals surface area contributed by atoms with E-state index in [1.807, 2.05) is 16.0 Å². The predicted molar refractivity (Wildman–Crippen MR) is 266 cm³/mol. The number of rotatable bonds is 17. The number of hydrogen-bond acceptors (Lipinski definition) is 27. The molecule has 45 heteroatoms. The van der Waals surface area contributed by atoms with Gasteiger partial charge in [-0.1, -0.05) is 0 Å². The molecule has 0 saturated heterocycles. The normalized spacial score (nSPS) is 11.7. The number of benzene rings is 6. The fraction of sp³-hybridized carbons (Fsp3) is 0. The molecule has 86 heavy (non-hydrogen) atoms. The third kappa shape index (κ3) is 21.7. The summed E-state index contributed by atoms with van der Waals surface area (Å²) in [6.07, 6.45) is 0. The summed E-state index contributed by atoms with van der Waals surface area (Å²) in [6, 6.07) is 8.56. The molecule has 0 bridgehead atoms. The number of carbonyl (C=O) groups excluding carboxylic acids is 5. The summed E-state index contributed by atoms with van der Waals surface area (Å²) >= 11 is 4.05. The minimum atomic E-state index is -5.73. The number of amides is 6. The van der Waals surface area contributed by atoms with Crippen LogP contribution in [-0.4, -0.2) is 120 Å². The third-order valence-corrected chi connectivity index (χ3v) is 16.5. The SMILES string of the molecule is O=C(Nc1cc(C(=O)Nc2ccc(S(=O)(=O)[O-])cc2S)cc(C(=O)Nc2ccc(S(=O)(=O)[O-])cc2S(=O)(=O)[O-])c1)Nc1cc(C(=O)Nc2ccc(S(=O)(=O)[O-])cc2S(=O)(=O)[O-])cc(C(=O)Nc2ccc(S(=O)(=O)[O-])cc2S(=O)(=O)[O-])c1.[Na+].[Na+].[Na+].[Na+].[Na+]. The van der Waals surface area contributed by atoms with Gasteiger partial charge in [-0.2, -0.15) is 0 Å². The van der Waals surface area contributed by atoms with Gasteiger partial charge in [-0.15, -0.1) is 12.6 Å². The van der Waals surface area contributed by atoms with Crippen molar-refractivity contribution in [2.45, 2.75) is 39.2 Å². The van der Waals surface area contributed by atoms with Gasteiger partial charge in [-0.3, -0.25) is 19.2 Å². The Hall–Kier alpha value is -2.81. The molecule has 0 fully saturated rings. The van der Waals surface area contributed by atoms with Gasteiger partial charge in [0.15, 0.2) is 0 Å². The maximum Gasteiger partial charge on any atom is 1.00 e. The Morgan fingerprint density at radius 1 is 0.291 bits per heavy atom. The van der Waals surface area contributed by atoms with E-state index in [0.29, 0.717) is 54.6 Å². The topological polar surface area (TPSA) is 558 Å². The minimum absolute atomic E-state index is 0. The van der Waals surface area contributed by atoms with Crippen LogP contribution in [0.15, 0.2) is 148 Å². The Balaban J connectivity index is 0.00000740. The second kappa shape index (κ2) is 31.0. The smallest absolute Gasteiger partial charge is 0.744 e. The summed E-state index contributed by atoms with van der Waals surface area (Å²) in [4.78, 5) is 59.6. The Morgan fingerprint density at radius 2 is 0.512 bits per heavy atom. The van der Waals surface area contributed by atoms with Crippen molar-refractivity contribution in [3.8, 4) is 0 Å². The van der Waals surface area contributed by atoms with Crippen molar-refractivity contribution in [2.24, 2.45) is 0 Å². The minimum Gasteiger partial charge on any atom is -0.744 e. The molecule has 0 atom stereocenters. The van der Waals surface area contributed by atoms with Gasteiger partial charge in [0.25, 0.3) is 23.6 Å². The van der Waals surface area contributed by atoms with E-state index in [9.17, 15) is 115 Å². The standard InChI is InChI=1S/C41H32N6O26S8.5Na/c48-37(44-29-5-1-25(15-33(29)74)75(53,54)55)19-9-20(38(49)45-30-6-2-26(76(56,57)58)16-34(30)79(65,66)67)12-23(11-19)42-41(52)43-24-13-21(39(50)46-31-7-3-27(77(59,60)61)17-35(31)80(68,69)70)10-22(14-24)40(51)47-32-8-4-28(78(62,63)64)18-36(32)81(71,72)73;;;;;/h1-18,74H,(H,44,48)(H,45,49)(H,46,50)(H,47,51)(H2,42,43,52)(H,53,54,55)(H,56,57,58)(H,59,60,61)(H,62,63,64)(H,65,66,67)(H,68,69,70)(H,71,72,73);;;;;/q;5*+1/p-7. The van der Waals surface area contributed by atoms with Crippen LogP contribution in [-0.2, 0) is 70.8 Å². The van der Waals surface area contributed by atoms with Crippen molar-refractivity contribution in [1.29, 1.82) is 0 Å². The number of thiol groups is 1. The molecule has 0 saturated carbocycles. The molecular formula is C41H25N6Na5O26S8-2. The van der Waals surface area contributed by atoms with Gasteiger partial charge in [0.1, 0.15) is 70.8 Å². The number of urea groups is 1. The quantitative estimate of drug-likeness (QED) is 0.0253. The molecule has 0 aromatic heterocycles. The maximum absolute atomic E-state index is 13.8. The van der Waals surface area contributed by atoms with Crippen molar-refractivity contribution >= 4 is 147 Å². The van der Waals surface area contributed by atoms with E-state index < -0.39 is 185 Å². The molecule has 430 valence electrons. The van der Waals surface area contributed by atoms with Crippen LogP contribution >= 0.6 is 12.6 Å². The zero-order chi connectivity index (χ0) is 60.7. The average Bonchev–Trinajstić information content (AvgIpc) is 3.40. The van der Waals surface area contributed by atoms with Crippen LogP contribution in [0.1, 0.15) is 41.4 Å². The van der Waals surface area contributed by atoms with Gasteiger partial charge in [-0.25, -0.2) is 63.7 Å². The van der Waals surface area contributed by atoms with E-state index in [0.717, 1.165) is 36.4 Å². The van der Waals surface area contributed by atoms with E-state index in [-0.39, 0.29) is 177 Å². The zero-order valence-electron chi connectivity index (χ0n) is 43.8. The molecule has 0 aliphatic rings. The number of anilines is 6. The molecule has 6 aromatic carbocycles. The largest absolute Gasteiger partial charge is 1.00 e. The van der Waals surface area contributed by atoms with Gasteiger partial charge < -0.3 is 63.8 Å². The monoisotopic (exact) mass is 1390 g/mol. The van der Waals surface area contributed by atoms with Crippen LogP contribution in [0.3, 0.4) is 0 Å². The van der Waals surface area contributed by atoms with Crippen molar-refractivity contribution in [2.75, 3.05) is 31.9 Å². The fourth-order valence-corrected chi connectivity index (χ4v) is 11.2. The van der Waals surface area contributed by atoms with E-state index in [1.165, 1.54) is 0 Å². The van der Waals surface area contributed by atoms with E-state index in [2.05, 4.69) is 28.6 Å². The average molecular weight is 1390 g/mol. The molecule has 0 aliphatic heterocycles. The van der Waals surface area contributed by atoms with Gasteiger partial charge in [0.05, 0.1) is 57.0 Å². The van der Waals surface area contributed by atoms with Crippen LogP contribution in [0, 0.1) is 0 Å². The summed E-state index contributed by atoms with van der Waals surface area (Å²) in [5, 5.41) is 12.3. The molecule has 6 amide bonds. The molecule has 6 rings (SSSR count). The van der Waals surface area contributed by atoms with Crippen LogP contribution in [0.25, 0.3) is 0 Å². The van der Waals surface area contributed by atoms with Crippen molar-refractivity contribution in [3.63, 3.8) is 0 Å². The van der Waals surface area contributed by atoms with Crippen molar-refractivity contribution < 1.29 is 263 Å². The zero-order valence-corrected chi connectivity index (χ0v) is 60.4. The van der Waals surface area contributed by atoms with Gasteiger partial charge in [-0.05, 0) is 109 Å². The Morgan fingerprint density at radius 3 is 0.733 bits per heavy atom. The predicted octanol–water partition coefficient (Wildman–Crippen LogP) is -14.0. The van der Waals surface area contributed by atoms with E-state index in [1.54, 1.807) is 0 Å². The van der Waals surface area contributed by atoms with Crippen LogP contribution < -0.4 is 180 Å². The van der Waals surface area contributed by atoms with Crippen LogP contribution in [0.2, 0.25) is 0 Å². The molecule has 0 unspecified atom stereocenters. The second-order valence-electron chi connectivity index (χ2n) is 15.8. The molecule has 32 nitrogen and oxygen atoms in total. The summed E-state index contributed by atoms with van der Waals surface area (Å²) in [7, 11) is -38.5. The number of nitrogens with one attached hydrogen (secondary N) is 6. The van der Waals surface area contributed by atoms with Crippen LogP contribution in [0.5, 0.6) is 0 Å². The molecule has 6 aromatic rings. The number of hydrogen-bond donors (Lipinski definition) is 7. The Kier molecular flexibility index (Phi) is 29.3. The van der Waals surface area contributed by atoms with Gasteiger partial charge >= 0.3 is 154 Å². The first-order chi connectivity index (χ1) is 37.0. The molecule has 6 N–H and O–H groups in total. The maximum atomic E-state index is 13.8. The molecular weight excluding hydrogens is 1360 g/mol. The number of carbonyl (C=O) groups is 5. The summed E-state index contributed by atoms with van der Waals surface area (Å²) in [5.74, 6) is -5.72. The van der Waals surface area contributed by atoms with E-state index >= 15 is 0 Å². The molecule has 0 spiro atoms. The van der Waals surface area contributed by atoms with E-state index in [4.69, 9.17) is 0 Å². The first-order valence-electron chi connectivity index (χ1n) is 20.6. The molecule has 0 aliphatic carbocycles. The summed E-state index contributed by atoms with van der Waals surface area (Å²) in [5.41, 5.74) is -7.50. The molecule has 0 radical (unpaired) electrons. The van der Waals surface area contributed by atoms with Crippen LogP contribution in [0.4, 0.5) is 38.9 Å². The van der Waals surface area contributed by atoms with Gasteiger partial charge in [0.2, 0.25) is 0 Å². The first-order valence-corrected chi connectivity index (χ1v) is 30.9.